The molecule has 1 aromatic heterocycles. The highest BCUT2D eigenvalue weighted by atomic mass is 16.5. The third-order valence-corrected chi connectivity index (χ3v) is 4.39. The fourth-order valence-corrected chi connectivity index (χ4v) is 3.31. The molecule has 2 fully saturated rings. The van der Waals surface area contributed by atoms with Crippen LogP contribution in [-0.2, 0) is 6.54 Å². The van der Waals surface area contributed by atoms with Gasteiger partial charge in [0.1, 0.15) is 6.10 Å². The number of rotatable bonds is 5. The van der Waals surface area contributed by atoms with Crippen LogP contribution in [0.3, 0.4) is 0 Å². The highest BCUT2D eigenvalue weighted by molar-refractivity contribution is 5.21. The molecule has 2 aliphatic carbocycles. The minimum atomic E-state index is 0.341. The summed E-state index contributed by atoms with van der Waals surface area (Å²) in [5.74, 6) is 2.33. The molecule has 2 unspecified atom stereocenters. The fourth-order valence-electron chi connectivity index (χ4n) is 3.31. The summed E-state index contributed by atoms with van der Waals surface area (Å²) in [6.07, 6.45) is 8.52. The molecular weight excluding hydrogens is 248 g/mol. The van der Waals surface area contributed by atoms with Crippen molar-refractivity contribution in [3.8, 4) is 5.88 Å². The van der Waals surface area contributed by atoms with Crippen molar-refractivity contribution in [1.82, 2.24) is 10.3 Å². The summed E-state index contributed by atoms with van der Waals surface area (Å²) in [5.41, 5.74) is 1.28. The Morgan fingerprint density at radius 1 is 1.20 bits per heavy atom. The van der Waals surface area contributed by atoms with E-state index in [1.807, 2.05) is 6.20 Å². The summed E-state index contributed by atoms with van der Waals surface area (Å²) in [5, 5.41) is 3.53. The van der Waals surface area contributed by atoms with Crippen molar-refractivity contribution >= 4 is 0 Å². The van der Waals surface area contributed by atoms with Gasteiger partial charge in [-0.1, -0.05) is 13.8 Å². The molecule has 2 saturated carbocycles. The molecule has 110 valence electrons. The van der Waals surface area contributed by atoms with Gasteiger partial charge in [-0.2, -0.15) is 0 Å². The molecule has 0 radical (unpaired) electrons. The van der Waals surface area contributed by atoms with E-state index in [1.54, 1.807) is 0 Å². The summed E-state index contributed by atoms with van der Waals surface area (Å²) in [6, 6.07) is 4.92. The van der Waals surface area contributed by atoms with Crippen LogP contribution in [0, 0.1) is 11.8 Å². The van der Waals surface area contributed by atoms with E-state index in [0.29, 0.717) is 6.10 Å². The average Bonchev–Trinajstić information content (AvgIpc) is 3.19. The zero-order valence-corrected chi connectivity index (χ0v) is 12.6. The van der Waals surface area contributed by atoms with Crippen LogP contribution in [-0.4, -0.2) is 17.1 Å². The normalized spacial score (nSPS) is 30.2. The molecule has 3 rings (SSSR count). The molecule has 3 heteroatoms. The number of hydrogen-bond acceptors (Lipinski definition) is 3. The van der Waals surface area contributed by atoms with Gasteiger partial charge in [0.05, 0.1) is 0 Å². The minimum absolute atomic E-state index is 0.341. The molecule has 3 nitrogen and oxygen atoms in total. The van der Waals surface area contributed by atoms with Crippen molar-refractivity contribution < 1.29 is 4.74 Å². The number of nitrogens with one attached hydrogen (secondary N) is 1. The molecule has 20 heavy (non-hydrogen) atoms. The van der Waals surface area contributed by atoms with E-state index in [4.69, 9.17) is 4.74 Å². The third-order valence-electron chi connectivity index (χ3n) is 4.39. The van der Waals surface area contributed by atoms with E-state index >= 15 is 0 Å². The van der Waals surface area contributed by atoms with Crippen LogP contribution < -0.4 is 10.1 Å². The molecule has 0 aliphatic heterocycles. The standard InChI is InChI=1S/C17H26N2O/c1-12-7-13(2)9-16(8-12)20-17-10-14(5-6-18-17)11-19-15-3-4-15/h5-6,10,12-13,15-16,19H,3-4,7-9,11H2,1-2H3. The van der Waals surface area contributed by atoms with Crippen LogP contribution in [0.5, 0.6) is 5.88 Å². The van der Waals surface area contributed by atoms with E-state index in [-0.39, 0.29) is 0 Å². The minimum Gasteiger partial charge on any atom is -0.474 e. The van der Waals surface area contributed by atoms with E-state index < -0.39 is 0 Å². The van der Waals surface area contributed by atoms with E-state index in [1.165, 1.54) is 24.8 Å². The van der Waals surface area contributed by atoms with E-state index in [0.717, 1.165) is 43.1 Å². The second kappa shape index (κ2) is 6.13. The van der Waals surface area contributed by atoms with E-state index in [9.17, 15) is 0 Å². The van der Waals surface area contributed by atoms with Gasteiger partial charge in [0.2, 0.25) is 5.88 Å². The van der Waals surface area contributed by atoms with Gasteiger partial charge in [-0.3, -0.25) is 0 Å². The molecule has 0 aromatic carbocycles. The van der Waals surface area contributed by atoms with Crippen LogP contribution in [0.4, 0.5) is 0 Å². The summed E-state index contributed by atoms with van der Waals surface area (Å²) < 4.78 is 6.12. The molecule has 0 bridgehead atoms. The fraction of sp³-hybridized carbons (Fsp3) is 0.706. The highest BCUT2D eigenvalue weighted by Gasteiger charge is 2.25. The topological polar surface area (TPSA) is 34.1 Å². The summed E-state index contributed by atoms with van der Waals surface area (Å²) in [4.78, 5) is 4.38. The summed E-state index contributed by atoms with van der Waals surface area (Å²) >= 11 is 0. The van der Waals surface area contributed by atoms with Gasteiger partial charge in [0.15, 0.2) is 0 Å². The molecular formula is C17H26N2O. The first-order valence-corrected chi connectivity index (χ1v) is 8.04. The zero-order valence-electron chi connectivity index (χ0n) is 12.6. The second-order valence-corrected chi connectivity index (χ2v) is 6.81. The SMILES string of the molecule is CC1CC(C)CC(Oc2cc(CNC3CC3)ccn2)C1. The Labute approximate surface area is 122 Å². The van der Waals surface area contributed by atoms with Crippen molar-refractivity contribution in [3.63, 3.8) is 0 Å². The van der Waals surface area contributed by atoms with Gasteiger partial charge in [-0.25, -0.2) is 4.98 Å². The Kier molecular flexibility index (Phi) is 4.25. The third kappa shape index (κ3) is 3.95. The number of pyridine rings is 1. The predicted molar refractivity (Wildman–Crippen MR) is 80.7 cm³/mol. The van der Waals surface area contributed by atoms with Gasteiger partial charge in [0.25, 0.3) is 0 Å². The Bertz CT molecular complexity index is 434. The molecule has 0 amide bonds. The summed E-state index contributed by atoms with van der Waals surface area (Å²) in [6.45, 7) is 5.59. The summed E-state index contributed by atoms with van der Waals surface area (Å²) in [7, 11) is 0. The lowest BCUT2D eigenvalue weighted by atomic mass is 9.82. The van der Waals surface area contributed by atoms with Crippen molar-refractivity contribution in [2.24, 2.45) is 11.8 Å². The van der Waals surface area contributed by atoms with Gasteiger partial charge in [-0.15, -0.1) is 0 Å². The number of nitrogens with zero attached hydrogens (tertiary/aromatic N) is 1. The number of hydrogen-bond donors (Lipinski definition) is 1. The van der Waals surface area contributed by atoms with Crippen LogP contribution in [0.1, 0.15) is 51.5 Å². The van der Waals surface area contributed by atoms with Gasteiger partial charge in [0, 0.05) is 24.8 Å². The Morgan fingerprint density at radius 3 is 2.65 bits per heavy atom. The van der Waals surface area contributed by atoms with E-state index in [2.05, 4.69) is 36.3 Å². The molecule has 1 N–H and O–H groups in total. The lowest BCUT2D eigenvalue weighted by Gasteiger charge is -2.31. The zero-order chi connectivity index (χ0) is 13.9. The molecule has 0 saturated heterocycles. The predicted octanol–water partition coefficient (Wildman–Crippen LogP) is 3.54. The number of ether oxygens (including phenoxy) is 1. The molecule has 2 atom stereocenters. The molecule has 1 aromatic rings. The highest BCUT2D eigenvalue weighted by Crippen LogP contribution is 2.31. The Hall–Kier alpha value is -1.09. The first-order chi connectivity index (χ1) is 9.69. The Balaban J connectivity index is 1.57. The van der Waals surface area contributed by atoms with Crippen LogP contribution in [0.15, 0.2) is 18.3 Å². The van der Waals surface area contributed by atoms with Gasteiger partial charge in [-0.05, 0) is 55.6 Å². The lowest BCUT2D eigenvalue weighted by Crippen LogP contribution is -2.28. The maximum absolute atomic E-state index is 6.12. The average molecular weight is 274 g/mol. The molecule has 1 heterocycles. The smallest absolute Gasteiger partial charge is 0.213 e. The first kappa shape index (κ1) is 13.9. The largest absolute Gasteiger partial charge is 0.474 e. The molecule has 2 aliphatic rings. The van der Waals surface area contributed by atoms with Crippen LogP contribution in [0.2, 0.25) is 0 Å². The van der Waals surface area contributed by atoms with Gasteiger partial charge >= 0.3 is 0 Å². The van der Waals surface area contributed by atoms with Gasteiger partial charge < -0.3 is 10.1 Å². The maximum atomic E-state index is 6.12. The number of aromatic nitrogens is 1. The second-order valence-electron chi connectivity index (χ2n) is 6.81. The van der Waals surface area contributed by atoms with Crippen molar-refractivity contribution in [2.75, 3.05) is 0 Å². The van der Waals surface area contributed by atoms with Crippen LogP contribution >= 0.6 is 0 Å². The van der Waals surface area contributed by atoms with Crippen molar-refractivity contribution in [1.29, 1.82) is 0 Å². The lowest BCUT2D eigenvalue weighted by molar-refractivity contribution is 0.0966. The Morgan fingerprint density at radius 2 is 1.95 bits per heavy atom. The van der Waals surface area contributed by atoms with Crippen molar-refractivity contribution in [3.05, 3.63) is 23.9 Å². The molecule has 0 spiro atoms. The monoisotopic (exact) mass is 274 g/mol. The van der Waals surface area contributed by atoms with Crippen molar-refractivity contribution in [2.45, 2.75) is 64.6 Å². The maximum Gasteiger partial charge on any atom is 0.213 e. The van der Waals surface area contributed by atoms with Crippen LogP contribution in [0.25, 0.3) is 0 Å². The first-order valence-electron chi connectivity index (χ1n) is 8.04. The quantitative estimate of drug-likeness (QED) is 0.892.